The first kappa shape index (κ1) is 16.4. The molecule has 0 saturated carbocycles. The highest BCUT2D eigenvalue weighted by Crippen LogP contribution is 2.21. The maximum absolute atomic E-state index is 12.0. The maximum atomic E-state index is 12.0. The molecular formula is C18H19NO4. The molecule has 1 N–H and O–H groups in total. The summed E-state index contributed by atoms with van der Waals surface area (Å²) < 4.78 is 15.8. The lowest BCUT2D eigenvalue weighted by atomic mass is 10.3. The molecule has 0 aliphatic heterocycles. The van der Waals surface area contributed by atoms with Crippen LogP contribution in [0.4, 0.5) is 5.69 Å². The molecule has 0 aliphatic carbocycles. The number of benzene rings is 2. The lowest BCUT2D eigenvalue weighted by molar-refractivity contribution is -0.141. The number of carbonyl (C=O) groups is 1. The Hall–Kier alpha value is -2.95. The summed E-state index contributed by atoms with van der Waals surface area (Å²) in [6.45, 7) is 2.01. The van der Waals surface area contributed by atoms with Crippen molar-refractivity contribution >= 4 is 11.7 Å². The van der Waals surface area contributed by atoms with Crippen LogP contribution in [0, 0.1) is 0 Å². The predicted molar refractivity (Wildman–Crippen MR) is 88.4 cm³/mol. The molecule has 0 radical (unpaired) electrons. The minimum absolute atomic E-state index is 0.0592. The molecule has 120 valence electrons. The van der Waals surface area contributed by atoms with Crippen LogP contribution in [0.15, 0.2) is 66.6 Å². The SMILES string of the molecule is CCOC(=O)/C(=C\Nc1ccccc1)Oc1cccc(OC)c1. The molecule has 5 nitrogen and oxygen atoms in total. The molecule has 5 heteroatoms. The van der Waals surface area contributed by atoms with Crippen LogP contribution in [0.3, 0.4) is 0 Å². The molecule has 0 unspecified atom stereocenters. The largest absolute Gasteiger partial charge is 0.497 e. The van der Waals surface area contributed by atoms with Gasteiger partial charge in [-0.05, 0) is 31.2 Å². The number of methoxy groups -OCH3 is 1. The summed E-state index contributed by atoms with van der Waals surface area (Å²) in [5.74, 6) is 0.642. The molecule has 2 aromatic rings. The van der Waals surface area contributed by atoms with Gasteiger partial charge in [-0.15, -0.1) is 0 Å². The standard InChI is InChI=1S/C18H19NO4/c1-3-22-18(20)17(13-19-14-8-5-4-6-9-14)23-16-11-7-10-15(12-16)21-2/h4-13,19H,3H2,1-2H3/b17-13+. The third-order valence-electron chi connectivity index (χ3n) is 2.89. The molecule has 0 amide bonds. The van der Waals surface area contributed by atoms with Crippen molar-refractivity contribution in [1.29, 1.82) is 0 Å². The van der Waals surface area contributed by atoms with Crippen molar-refractivity contribution in [2.75, 3.05) is 19.0 Å². The third kappa shape index (κ3) is 5.07. The summed E-state index contributed by atoms with van der Waals surface area (Å²) in [6.07, 6.45) is 1.48. The smallest absolute Gasteiger partial charge is 0.375 e. The van der Waals surface area contributed by atoms with Crippen LogP contribution < -0.4 is 14.8 Å². The Morgan fingerprint density at radius 1 is 1.09 bits per heavy atom. The Kier molecular flexibility index (Phi) is 6.06. The lowest BCUT2D eigenvalue weighted by Crippen LogP contribution is -2.14. The van der Waals surface area contributed by atoms with Gasteiger partial charge in [0.25, 0.3) is 0 Å². The molecule has 0 aliphatic rings. The number of hydrogen-bond donors (Lipinski definition) is 1. The summed E-state index contributed by atoms with van der Waals surface area (Å²) in [5.41, 5.74) is 0.837. The molecular weight excluding hydrogens is 294 g/mol. The van der Waals surface area contributed by atoms with Gasteiger partial charge in [0.1, 0.15) is 11.5 Å². The summed E-state index contributed by atoms with van der Waals surface area (Å²) >= 11 is 0. The minimum atomic E-state index is -0.543. The second-order valence-electron chi connectivity index (χ2n) is 4.52. The molecule has 0 fully saturated rings. The second-order valence-corrected chi connectivity index (χ2v) is 4.52. The fourth-order valence-corrected chi connectivity index (χ4v) is 1.81. The van der Waals surface area contributed by atoms with Gasteiger partial charge in [0.2, 0.25) is 5.76 Å². The van der Waals surface area contributed by atoms with E-state index in [0.29, 0.717) is 11.5 Å². The Balaban J connectivity index is 2.17. The number of nitrogens with one attached hydrogen (secondary N) is 1. The summed E-state index contributed by atoms with van der Waals surface area (Å²) in [4.78, 5) is 12.0. The van der Waals surface area contributed by atoms with Gasteiger partial charge >= 0.3 is 5.97 Å². The zero-order valence-electron chi connectivity index (χ0n) is 13.1. The molecule has 0 atom stereocenters. The van der Waals surface area contributed by atoms with E-state index in [9.17, 15) is 4.79 Å². The minimum Gasteiger partial charge on any atom is -0.497 e. The molecule has 0 spiro atoms. The van der Waals surface area contributed by atoms with Gasteiger partial charge in [0.05, 0.1) is 19.9 Å². The van der Waals surface area contributed by atoms with E-state index in [1.165, 1.54) is 6.20 Å². The van der Waals surface area contributed by atoms with E-state index in [-0.39, 0.29) is 12.4 Å². The Morgan fingerprint density at radius 2 is 1.83 bits per heavy atom. The highest BCUT2D eigenvalue weighted by molar-refractivity contribution is 5.87. The van der Waals surface area contributed by atoms with Gasteiger partial charge in [-0.2, -0.15) is 0 Å². The van der Waals surface area contributed by atoms with Crippen molar-refractivity contribution in [2.24, 2.45) is 0 Å². The molecule has 0 saturated heterocycles. The van der Waals surface area contributed by atoms with E-state index in [2.05, 4.69) is 5.32 Å². The van der Waals surface area contributed by atoms with Crippen molar-refractivity contribution in [1.82, 2.24) is 0 Å². The molecule has 23 heavy (non-hydrogen) atoms. The fourth-order valence-electron chi connectivity index (χ4n) is 1.81. The first-order chi connectivity index (χ1) is 11.2. The van der Waals surface area contributed by atoms with Crippen LogP contribution >= 0.6 is 0 Å². The first-order valence-electron chi connectivity index (χ1n) is 7.23. The van der Waals surface area contributed by atoms with Crippen molar-refractivity contribution in [3.8, 4) is 11.5 Å². The van der Waals surface area contributed by atoms with E-state index in [0.717, 1.165) is 5.69 Å². The van der Waals surface area contributed by atoms with E-state index >= 15 is 0 Å². The van der Waals surface area contributed by atoms with Crippen LogP contribution in [-0.2, 0) is 9.53 Å². The summed E-state index contributed by atoms with van der Waals surface area (Å²) in [6, 6.07) is 16.5. The normalized spacial score (nSPS) is 10.8. The van der Waals surface area contributed by atoms with Crippen LogP contribution in [0.2, 0.25) is 0 Å². The summed E-state index contributed by atoms with van der Waals surface area (Å²) in [5, 5.41) is 3.01. The highest BCUT2D eigenvalue weighted by Gasteiger charge is 2.14. The van der Waals surface area contributed by atoms with Gasteiger partial charge in [-0.1, -0.05) is 24.3 Å². The third-order valence-corrected chi connectivity index (χ3v) is 2.89. The van der Waals surface area contributed by atoms with Gasteiger partial charge in [-0.25, -0.2) is 4.79 Å². The van der Waals surface area contributed by atoms with Crippen molar-refractivity contribution < 1.29 is 19.0 Å². The number of carbonyl (C=O) groups excluding carboxylic acids is 1. The Bertz CT molecular complexity index is 668. The van der Waals surface area contributed by atoms with Crippen LogP contribution in [0.1, 0.15) is 6.92 Å². The van der Waals surface area contributed by atoms with Gasteiger partial charge < -0.3 is 19.5 Å². The Labute approximate surface area is 135 Å². The second kappa shape index (κ2) is 8.48. The zero-order chi connectivity index (χ0) is 16.5. The first-order valence-corrected chi connectivity index (χ1v) is 7.23. The number of anilines is 1. The number of rotatable bonds is 7. The molecule has 0 heterocycles. The van der Waals surface area contributed by atoms with E-state index < -0.39 is 5.97 Å². The van der Waals surface area contributed by atoms with Crippen LogP contribution in [0.25, 0.3) is 0 Å². The number of esters is 1. The van der Waals surface area contributed by atoms with E-state index in [1.807, 2.05) is 30.3 Å². The van der Waals surface area contributed by atoms with E-state index in [4.69, 9.17) is 14.2 Å². The zero-order valence-corrected chi connectivity index (χ0v) is 13.1. The van der Waals surface area contributed by atoms with Gasteiger partial charge in [0, 0.05) is 11.8 Å². The van der Waals surface area contributed by atoms with Gasteiger partial charge in [0.15, 0.2) is 0 Å². The topological polar surface area (TPSA) is 56.8 Å². The van der Waals surface area contributed by atoms with Crippen LogP contribution in [0.5, 0.6) is 11.5 Å². The highest BCUT2D eigenvalue weighted by atomic mass is 16.6. The summed E-state index contributed by atoms with van der Waals surface area (Å²) in [7, 11) is 1.57. The number of hydrogen-bond acceptors (Lipinski definition) is 5. The monoisotopic (exact) mass is 313 g/mol. The predicted octanol–water partition coefficient (Wildman–Crippen LogP) is 3.59. The van der Waals surface area contributed by atoms with Crippen LogP contribution in [-0.4, -0.2) is 19.7 Å². The average Bonchev–Trinajstić information content (AvgIpc) is 2.60. The molecule has 0 aromatic heterocycles. The molecule has 0 bridgehead atoms. The maximum Gasteiger partial charge on any atom is 0.375 e. The quantitative estimate of drug-likeness (QED) is 0.481. The number of ether oxygens (including phenoxy) is 3. The molecule has 2 aromatic carbocycles. The lowest BCUT2D eigenvalue weighted by Gasteiger charge is -2.11. The van der Waals surface area contributed by atoms with E-state index in [1.54, 1.807) is 38.3 Å². The van der Waals surface area contributed by atoms with Crippen molar-refractivity contribution in [2.45, 2.75) is 6.92 Å². The van der Waals surface area contributed by atoms with Gasteiger partial charge in [-0.3, -0.25) is 0 Å². The number of para-hydroxylation sites is 1. The van der Waals surface area contributed by atoms with Crippen molar-refractivity contribution in [3.05, 3.63) is 66.6 Å². The Morgan fingerprint density at radius 3 is 2.52 bits per heavy atom. The fraction of sp³-hybridized carbons (Fsp3) is 0.167. The van der Waals surface area contributed by atoms with Crippen molar-refractivity contribution in [3.63, 3.8) is 0 Å². The average molecular weight is 313 g/mol. The molecule has 2 rings (SSSR count).